The smallest absolute Gasteiger partial charge is 0.272 e. The monoisotopic (exact) mass is 549 g/mol. The van der Waals surface area contributed by atoms with Gasteiger partial charge < -0.3 is 30.5 Å². The zero-order chi connectivity index (χ0) is 28.3. The second kappa shape index (κ2) is 11.3. The van der Waals surface area contributed by atoms with Gasteiger partial charge in [-0.15, -0.1) is 0 Å². The predicted octanol–water partition coefficient (Wildman–Crippen LogP) is 7.02. The molecule has 7 nitrogen and oxygen atoms in total. The van der Waals surface area contributed by atoms with Gasteiger partial charge in [-0.05, 0) is 91.7 Å². The van der Waals surface area contributed by atoms with Crippen LogP contribution in [0, 0.1) is 5.82 Å². The Hall–Kier alpha value is -4.82. The van der Waals surface area contributed by atoms with Crippen LogP contribution in [0.15, 0.2) is 97.1 Å². The zero-order valence-electron chi connectivity index (χ0n) is 22.8. The van der Waals surface area contributed by atoms with Gasteiger partial charge in [-0.25, -0.2) is 4.39 Å². The number of nitrogens with one attached hydrogen (secondary N) is 3. The molecule has 1 saturated heterocycles. The maximum atomic E-state index is 14.9. The van der Waals surface area contributed by atoms with Crippen molar-refractivity contribution in [3.63, 3.8) is 0 Å². The van der Waals surface area contributed by atoms with Crippen molar-refractivity contribution in [2.45, 2.75) is 18.9 Å². The number of aromatic nitrogens is 1. The van der Waals surface area contributed by atoms with Crippen molar-refractivity contribution >= 4 is 50.9 Å². The van der Waals surface area contributed by atoms with Crippen molar-refractivity contribution in [1.82, 2.24) is 4.57 Å². The average molecular weight is 550 g/mol. The Morgan fingerprint density at radius 2 is 1.41 bits per heavy atom. The first kappa shape index (κ1) is 26.4. The van der Waals surface area contributed by atoms with Gasteiger partial charge in [0.25, 0.3) is 5.91 Å². The molecule has 4 aromatic carbocycles. The van der Waals surface area contributed by atoms with Crippen LogP contribution < -0.4 is 20.9 Å². The van der Waals surface area contributed by atoms with Crippen molar-refractivity contribution in [1.29, 1.82) is 0 Å². The van der Waals surface area contributed by atoms with Gasteiger partial charge in [-0.1, -0.05) is 18.2 Å². The number of amides is 1. The zero-order valence-corrected chi connectivity index (χ0v) is 22.8. The number of hydrogen-bond acceptors (Lipinski definition) is 5. The summed E-state index contributed by atoms with van der Waals surface area (Å²) in [4.78, 5) is 15.2. The molecule has 8 heteroatoms. The van der Waals surface area contributed by atoms with Crippen LogP contribution in [0.3, 0.4) is 0 Å². The van der Waals surface area contributed by atoms with Crippen LogP contribution in [-0.2, 0) is 7.05 Å². The highest BCUT2D eigenvalue weighted by Gasteiger charge is 2.17. The van der Waals surface area contributed by atoms with Crippen LogP contribution >= 0.6 is 0 Å². The number of piperidine rings is 1. The minimum Gasteiger partial charge on any atom is -0.393 e. The predicted molar refractivity (Wildman–Crippen MR) is 164 cm³/mol. The van der Waals surface area contributed by atoms with Gasteiger partial charge in [-0.2, -0.15) is 0 Å². The number of para-hydroxylation sites is 1. The largest absolute Gasteiger partial charge is 0.393 e. The summed E-state index contributed by atoms with van der Waals surface area (Å²) in [6.45, 7) is 1.73. The number of fused-ring (bicyclic) bond motifs is 1. The summed E-state index contributed by atoms with van der Waals surface area (Å²) in [7, 11) is 1.84. The standard InChI is InChI=1S/C33H32FN5O2/c1-38-31-5-3-2-4-22(31)20-32(38)33(41)37-26-12-15-30(29(34)21-26)36-25-8-6-23(7-9-25)35-24-10-13-27(14-11-24)39-18-16-28(40)17-19-39/h2-15,20-21,28,35-36,40H,16-19H2,1H3,(H,37,41). The summed E-state index contributed by atoms with van der Waals surface area (Å²) in [5.74, 6) is -0.766. The van der Waals surface area contributed by atoms with Gasteiger partial charge in [0.1, 0.15) is 11.5 Å². The fraction of sp³-hybridized carbons (Fsp3) is 0.182. The normalized spacial score (nSPS) is 13.8. The van der Waals surface area contributed by atoms with E-state index in [-0.39, 0.29) is 12.0 Å². The highest BCUT2D eigenvalue weighted by molar-refractivity contribution is 6.06. The highest BCUT2D eigenvalue weighted by atomic mass is 19.1. The van der Waals surface area contributed by atoms with E-state index in [2.05, 4.69) is 33.0 Å². The fourth-order valence-electron chi connectivity index (χ4n) is 5.23. The summed E-state index contributed by atoms with van der Waals surface area (Å²) in [5.41, 5.74) is 5.93. The van der Waals surface area contributed by atoms with Gasteiger partial charge in [-0.3, -0.25) is 4.79 Å². The molecule has 1 aromatic heterocycles. The van der Waals surface area contributed by atoms with E-state index >= 15 is 0 Å². The number of rotatable bonds is 7. The average Bonchev–Trinajstić information content (AvgIpc) is 3.33. The molecule has 41 heavy (non-hydrogen) atoms. The summed E-state index contributed by atoms with van der Waals surface area (Å²) in [6.07, 6.45) is 1.42. The lowest BCUT2D eigenvalue weighted by Gasteiger charge is -2.31. The van der Waals surface area contributed by atoms with Crippen molar-refractivity contribution < 1.29 is 14.3 Å². The molecule has 208 valence electrons. The van der Waals surface area contributed by atoms with E-state index < -0.39 is 5.82 Å². The molecule has 0 aliphatic carbocycles. The van der Waals surface area contributed by atoms with Crippen molar-refractivity contribution in [3.05, 3.63) is 109 Å². The number of aryl methyl sites for hydroxylation is 1. The number of hydrogen-bond donors (Lipinski definition) is 4. The van der Waals surface area contributed by atoms with Crippen molar-refractivity contribution in [2.75, 3.05) is 33.9 Å². The van der Waals surface area contributed by atoms with Crippen LogP contribution in [0.2, 0.25) is 0 Å². The fourth-order valence-corrected chi connectivity index (χ4v) is 5.23. The molecule has 0 atom stereocenters. The number of carbonyl (C=O) groups is 1. The van der Waals surface area contributed by atoms with Gasteiger partial charge in [0.2, 0.25) is 0 Å². The lowest BCUT2D eigenvalue weighted by Crippen LogP contribution is -2.35. The Bertz CT molecular complexity index is 1670. The number of benzene rings is 4. The molecule has 1 amide bonds. The molecule has 0 unspecified atom stereocenters. The van der Waals surface area contributed by atoms with E-state index in [1.807, 2.05) is 78.3 Å². The van der Waals surface area contributed by atoms with E-state index in [1.54, 1.807) is 12.1 Å². The maximum absolute atomic E-state index is 14.9. The third kappa shape index (κ3) is 5.88. The minimum absolute atomic E-state index is 0.186. The Morgan fingerprint density at radius 3 is 2.07 bits per heavy atom. The minimum atomic E-state index is -0.467. The molecule has 0 bridgehead atoms. The molecule has 1 fully saturated rings. The Morgan fingerprint density at radius 1 is 0.805 bits per heavy atom. The van der Waals surface area contributed by atoms with Crippen LogP contribution in [0.25, 0.3) is 10.9 Å². The molecule has 2 heterocycles. The first-order valence-electron chi connectivity index (χ1n) is 13.8. The maximum Gasteiger partial charge on any atom is 0.272 e. The van der Waals surface area contributed by atoms with Crippen LogP contribution in [-0.4, -0.2) is 34.8 Å². The molecule has 5 aromatic rings. The Labute approximate surface area is 238 Å². The first-order valence-corrected chi connectivity index (χ1v) is 13.8. The summed E-state index contributed by atoms with van der Waals surface area (Å²) in [6, 6.07) is 30.1. The SMILES string of the molecule is Cn1c(C(=O)Nc2ccc(Nc3ccc(Nc4ccc(N5CCC(O)CC5)cc4)cc3)c(F)c2)cc2ccccc21. The van der Waals surface area contributed by atoms with Gasteiger partial charge in [0.15, 0.2) is 0 Å². The number of carbonyl (C=O) groups excluding carboxylic acids is 1. The van der Waals surface area contributed by atoms with Crippen LogP contribution in [0.4, 0.5) is 38.5 Å². The molecule has 0 saturated carbocycles. The molecular formula is C33H32FN5O2. The van der Waals surface area contributed by atoms with Gasteiger partial charge in [0.05, 0.1) is 11.8 Å². The molecule has 4 N–H and O–H groups in total. The number of aliphatic hydroxyl groups is 1. The van der Waals surface area contributed by atoms with Gasteiger partial charge >= 0.3 is 0 Å². The second-order valence-electron chi connectivity index (χ2n) is 10.4. The lowest BCUT2D eigenvalue weighted by atomic mass is 10.1. The number of halogens is 1. The van der Waals surface area contributed by atoms with Gasteiger partial charge in [0, 0.05) is 59.5 Å². The van der Waals surface area contributed by atoms with E-state index in [1.165, 1.54) is 6.07 Å². The van der Waals surface area contributed by atoms with E-state index in [0.717, 1.165) is 59.6 Å². The van der Waals surface area contributed by atoms with Crippen LogP contribution in [0.5, 0.6) is 0 Å². The number of aliphatic hydroxyl groups excluding tert-OH is 1. The topological polar surface area (TPSA) is 81.6 Å². The third-order valence-electron chi connectivity index (χ3n) is 7.56. The molecule has 1 aliphatic heterocycles. The number of anilines is 6. The summed E-state index contributed by atoms with van der Waals surface area (Å²) >= 11 is 0. The molecule has 6 rings (SSSR count). The summed E-state index contributed by atoms with van der Waals surface area (Å²) in [5, 5.41) is 20.0. The van der Waals surface area contributed by atoms with Crippen molar-refractivity contribution in [2.24, 2.45) is 7.05 Å². The Balaban J connectivity index is 1.06. The first-order chi connectivity index (χ1) is 19.9. The second-order valence-corrected chi connectivity index (χ2v) is 10.4. The molecule has 0 radical (unpaired) electrons. The quantitative estimate of drug-likeness (QED) is 0.175. The molecular weight excluding hydrogens is 517 g/mol. The summed E-state index contributed by atoms with van der Waals surface area (Å²) < 4.78 is 16.8. The lowest BCUT2D eigenvalue weighted by molar-refractivity contribution is 0.101. The molecule has 0 spiro atoms. The highest BCUT2D eigenvalue weighted by Crippen LogP contribution is 2.27. The van der Waals surface area contributed by atoms with E-state index in [4.69, 9.17) is 0 Å². The number of nitrogens with zero attached hydrogens (tertiary/aromatic N) is 2. The third-order valence-corrected chi connectivity index (χ3v) is 7.56. The van der Waals surface area contributed by atoms with Crippen molar-refractivity contribution in [3.8, 4) is 0 Å². The van der Waals surface area contributed by atoms with E-state index in [9.17, 15) is 14.3 Å². The Kier molecular flexibility index (Phi) is 7.31. The van der Waals surface area contributed by atoms with Crippen LogP contribution in [0.1, 0.15) is 23.3 Å². The van der Waals surface area contributed by atoms with E-state index in [0.29, 0.717) is 17.1 Å². The molecule has 1 aliphatic rings.